The van der Waals surface area contributed by atoms with Crippen molar-refractivity contribution in [2.45, 2.75) is 13.8 Å². The molecule has 0 spiro atoms. The molecule has 7 heteroatoms. The number of nitrogens with two attached hydrogens (primary N) is 2. The predicted molar refractivity (Wildman–Crippen MR) is 86.1 cm³/mol. The van der Waals surface area contributed by atoms with Gasteiger partial charge in [0.1, 0.15) is 0 Å². The number of amides is 2. The Morgan fingerprint density at radius 3 is 2.48 bits per heavy atom. The highest BCUT2D eigenvalue weighted by molar-refractivity contribution is 7.18. The molecule has 5 N–H and O–H groups in total. The quantitative estimate of drug-likeness (QED) is 0.809. The van der Waals surface area contributed by atoms with Crippen molar-refractivity contribution in [3.8, 4) is 0 Å². The highest BCUT2D eigenvalue weighted by atomic mass is 35.5. The third-order valence-electron chi connectivity index (χ3n) is 3.04. The normalized spacial score (nSPS) is 10.4. The van der Waals surface area contributed by atoms with Crippen LogP contribution in [0.1, 0.15) is 31.2 Å². The molecule has 2 amide bonds. The van der Waals surface area contributed by atoms with Gasteiger partial charge in [0.2, 0.25) is 0 Å². The topological polar surface area (TPSA) is 98.2 Å². The lowest BCUT2D eigenvalue weighted by atomic mass is 10.1. The summed E-state index contributed by atoms with van der Waals surface area (Å²) in [5, 5.41) is 3.62. The predicted octanol–water partition coefficient (Wildman–Crippen LogP) is 2.95. The molecule has 0 saturated heterocycles. The Bertz CT molecular complexity index is 740. The maximum absolute atomic E-state index is 12.3. The monoisotopic (exact) mass is 323 g/mol. The zero-order valence-corrected chi connectivity index (χ0v) is 13.1. The average molecular weight is 324 g/mol. The van der Waals surface area contributed by atoms with Crippen molar-refractivity contribution in [2.75, 3.05) is 11.1 Å². The Morgan fingerprint density at radius 1 is 1.29 bits per heavy atom. The zero-order chi connectivity index (χ0) is 15.7. The molecule has 0 radical (unpaired) electrons. The first-order chi connectivity index (χ1) is 9.81. The van der Waals surface area contributed by atoms with Gasteiger partial charge in [-0.3, -0.25) is 9.59 Å². The molecule has 0 saturated carbocycles. The van der Waals surface area contributed by atoms with Gasteiger partial charge in [0.05, 0.1) is 15.4 Å². The fourth-order valence-electron chi connectivity index (χ4n) is 1.97. The molecule has 0 bridgehead atoms. The van der Waals surface area contributed by atoms with Gasteiger partial charge in [-0.2, -0.15) is 0 Å². The summed E-state index contributed by atoms with van der Waals surface area (Å²) in [6.45, 7) is 3.49. The van der Waals surface area contributed by atoms with Gasteiger partial charge in [-0.1, -0.05) is 11.6 Å². The van der Waals surface area contributed by atoms with Crippen LogP contribution in [0.4, 0.5) is 10.7 Å². The van der Waals surface area contributed by atoms with E-state index in [2.05, 4.69) is 5.32 Å². The highest BCUT2D eigenvalue weighted by Crippen LogP contribution is 2.31. The van der Waals surface area contributed by atoms with Gasteiger partial charge in [0.25, 0.3) is 11.8 Å². The molecule has 21 heavy (non-hydrogen) atoms. The number of nitrogens with one attached hydrogen (secondary N) is 1. The van der Waals surface area contributed by atoms with E-state index in [1.54, 1.807) is 25.1 Å². The largest absolute Gasteiger partial charge is 0.390 e. The third kappa shape index (κ3) is 3.01. The van der Waals surface area contributed by atoms with E-state index >= 15 is 0 Å². The maximum Gasteiger partial charge on any atom is 0.266 e. The molecule has 1 aromatic heterocycles. The number of benzene rings is 1. The van der Waals surface area contributed by atoms with E-state index in [1.165, 1.54) is 0 Å². The van der Waals surface area contributed by atoms with Crippen LogP contribution in [0.25, 0.3) is 0 Å². The van der Waals surface area contributed by atoms with Gasteiger partial charge >= 0.3 is 0 Å². The SMILES string of the molecule is Cc1cc(NC(=O)c2sc(N)c(C(N)=O)c2C)ccc1Cl. The van der Waals surface area contributed by atoms with Crippen molar-refractivity contribution in [1.29, 1.82) is 0 Å². The van der Waals surface area contributed by atoms with E-state index in [0.29, 0.717) is 21.2 Å². The summed E-state index contributed by atoms with van der Waals surface area (Å²) in [5.74, 6) is -0.971. The van der Waals surface area contributed by atoms with Crippen molar-refractivity contribution in [1.82, 2.24) is 0 Å². The molecular formula is C14H14ClN3O2S. The number of carbonyl (C=O) groups is 2. The van der Waals surface area contributed by atoms with Crippen molar-refractivity contribution >= 4 is 45.4 Å². The van der Waals surface area contributed by atoms with Crippen LogP contribution >= 0.6 is 22.9 Å². The van der Waals surface area contributed by atoms with Gasteiger partial charge < -0.3 is 16.8 Å². The third-order valence-corrected chi connectivity index (χ3v) is 4.59. The molecule has 5 nitrogen and oxygen atoms in total. The second kappa shape index (κ2) is 5.75. The van der Waals surface area contributed by atoms with Crippen molar-refractivity contribution < 1.29 is 9.59 Å². The van der Waals surface area contributed by atoms with Gasteiger partial charge in [0, 0.05) is 10.7 Å². The van der Waals surface area contributed by atoms with Crippen LogP contribution in [0.2, 0.25) is 5.02 Å². The Kier molecular flexibility index (Phi) is 4.20. The smallest absolute Gasteiger partial charge is 0.266 e. The number of primary amides is 1. The summed E-state index contributed by atoms with van der Waals surface area (Å²) >= 11 is 6.98. The molecule has 2 rings (SSSR count). The van der Waals surface area contributed by atoms with Crippen LogP contribution in [-0.4, -0.2) is 11.8 Å². The molecule has 0 atom stereocenters. The lowest BCUT2D eigenvalue weighted by molar-refractivity contribution is 0.100. The lowest BCUT2D eigenvalue weighted by Crippen LogP contribution is -2.15. The molecule has 0 aliphatic carbocycles. The Labute approximate surface area is 130 Å². The minimum absolute atomic E-state index is 0.206. The summed E-state index contributed by atoms with van der Waals surface area (Å²) in [5.41, 5.74) is 13.2. The molecular weight excluding hydrogens is 310 g/mol. The Hall–Kier alpha value is -2.05. The van der Waals surface area contributed by atoms with Crippen LogP contribution in [0.5, 0.6) is 0 Å². The minimum atomic E-state index is -0.636. The fraction of sp³-hybridized carbons (Fsp3) is 0.143. The van der Waals surface area contributed by atoms with E-state index in [1.807, 2.05) is 6.92 Å². The van der Waals surface area contributed by atoms with Crippen molar-refractivity contribution in [2.24, 2.45) is 5.73 Å². The van der Waals surface area contributed by atoms with Crippen LogP contribution in [0.15, 0.2) is 18.2 Å². The second-order valence-corrected chi connectivity index (χ2v) is 6.04. The lowest BCUT2D eigenvalue weighted by Gasteiger charge is -2.06. The number of thiophene rings is 1. The number of halogens is 1. The molecule has 0 fully saturated rings. The molecule has 1 aromatic carbocycles. The van der Waals surface area contributed by atoms with Gasteiger partial charge in [-0.05, 0) is 43.2 Å². The van der Waals surface area contributed by atoms with Crippen LogP contribution in [0, 0.1) is 13.8 Å². The number of anilines is 2. The molecule has 1 heterocycles. The van der Waals surface area contributed by atoms with E-state index in [0.717, 1.165) is 16.9 Å². The fourth-order valence-corrected chi connectivity index (χ4v) is 3.06. The van der Waals surface area contributed by atoms with E-state index in [4.69, 9.17) is 23.1 Å². The summed E-state index contributed by atoms with van der Waals surface area (Å²) in [4.78, 5) is 24.0. The first-order valence-electron chi connectivity index (χ1n) is 6.07. The first-order valence-corrected chi connectivity index (χ1v) is 7.27. The van der Waals surface area contributed by atoms with Gasteiger partial charge in [-0.25, -0.2) is 0 Å². The number of hydrogen-bond acceptors (Lipinski definition) is 4. The molecule has 0 aliphatic rings. The van der Waals surface area contributed by atoms with Gasteiger partial charge in [-0.15, -0.1) is 11.3 Å². The standard InChI is InChI=1S/C14H14ClN3O2S/c1-6-5-8(3-4-9(6)15)18-14(20)11-7(2)10(12(16)19)13(17)21-11/h3-5H,17H2,1-2H3,(H2,16,19)(H,18,20). The van der Waals surface area contributed by atoms with Crippen LogP contribution in [0.3, 0.4) is 0 Å². The summed E-state index contributed by atoms with van der Waals surface area (Å²) in [7, 11) is 0. The number of hydrogen-bond donors (Lipinski definition) is 3. The number of carbonyl (C=O) groups excluding carboxylic acids is 2. The molecule has 0 aliphatic heterocycles. The van der Waals surface area contributed by atoms with E-state index < -0.39 is 5.91 Å². The second-order valence-electron chi connectivity index (χ2n) is 4.58. The number of nitrogen functional groups attached to an aromatic ring is 1. The first kappa shape index (κ1) is 15.3. The van der Waals surface area contributed by atoms with E-state index in [9.17, 15) is 9.59 Å². The maximum atomic E-state index is 12.3. The zero-order valence-electron chi connectivity index (χ0n) is 11.5. The van der Waals surface area contributed by atoms with Crippen LogP contribution < -0.4 is 16.8 Å². The summed E-state index contributed by atoms with van der Waals surface area (Å²) in [6.07, 6.45) is 0. The summed E-state index contributed by atoms with van der Waals surface area (Å²) < 4.78 is 0. The molecule has 0 unspecified atom stereocenters. The Morgan fingerprint density at radius 2 is 1.95 bits per heavy atom. The minimum Gasteiger partial charge on any atom is -0.390 e. The Balaban J connectivity index is 2.31. The van der Waals surface area contributed by atoms with Crippen molar-refractivity contribution in [3.63, 3.8) is 0 Å². The molecule has 2 aromatic rings. The molecule has 110 valence electrons. The number of aryl methyl sites for hydroxylation is 1. The van der Waals surface area contributed by atoms with Crippen LogP contribution in [-0.2, 0) is 0 Å². The van der Waals surface area contributed by atoms with Crippen molar-refractivity contribution in [3.05, 3.63) is 44.8 Å². The summed E-state index contributed by atoms with van der Waals surface area (Å²) in [6, 6.07) is 5.17. The highest BCUT2D eigenvalue weighted by Gasteiger charge is 2.21. The van der Waals surface area contributed by atoms with E-state index in [-0.39, 0.29) is 16.5 Å². The average Bonchev–Trinajstić information content (AvgIpc) is 2.69. The van der Waals surface area contributed by atoms with Gasteiger partial charge in [0.15, 0.2) is 0 Å². The number of rotatable bonds is 3.